The highest BCUT2D eigenvalue weighted by atomic mass is 16.5. The molecule has 1 aromatic carbocycles. The molecule has 1 aromatic heterocycles. The first-order chi connectivity index (χ1) is 15.1. The molecule has 31 heavy (non-hydrogen) atoms. The van der Waals surface area contributed by atoms with Gasteiger partial charge in [-0.25, -0.2) is 9.78 Å². The van der Waals surface area contributed by atoms with Crippen LogP contribution in [0, 0.1) is 0 Å². The lowest BCUT2D eigenvalue weighted by molar-refractivity contribution is -0.143. The van der Waals surface area contributed by atoms with Gasteiger partial charge in [0.2, 0.25) is 5.88 Å². The Morgan fingerprint density at radius 2 is 1.81 bits per heavy atom. The van der Waals surface area contributed by atoms with Gasteiger partial charge in [-0.05, 0) is 37.5 Å². The minimum Gasteiger partial charge on any atom is -0.497 e. The van der Waals surface area contributed by atoms with E-state index in [1.54, 1.807) is 32.4 Å². The van der Waals surface area contributed by atoms with Crippen molar-refractivity contribution in [1.29, 1.82) is 0 Å². The Morgan fingerprint density at radius 1 is 1.00 bits per heavy atom. The van der Waals surface area contributed by atoms with Gasteiger partial charge in [-0.1, -0.05) is 25.0 Å². The van der Waals surface area contributed by atoms with Crippen molar-refractivity contribution in [3.05, 3.63) is 48.2 Å². The summed E-state index contributed by atoms with van der Waals surface area (Å²) in [4.78, 5) is 27.4. The van der Waals surface area contributed by atoms with Crippen LogP contribution in [0.3, 0.4) is 0 Å². The summed E-state index contributed by atoms with van der Waals surface area (Å²) < 4.78 is 15.8. The van der Waals surface area contributed by atoms with E-state index in [2.05, 4.69) is 15.6 Å². The van der Waals surface area contributed by atoms with Crippen molar-refractivity contribution in [1.82, 2.24) is 15.6 Å². The summed E-state index contributed by atoms with van der Waals surface area (Å²) in [7, 11) is 1.60. The maximum absolute atomic E-state index is 11.9. The Morgan fingerprint density at radius 3 is 2.55 bits per heavy atom. The lowest BCUT2D eigenvalue weighted by Gasteiger charge is -2.09. The van der Waals surface area contributed by atoms with Crippen LogP contribution in [0.25, 0.3) is 0 Å². The molecule has 0 atom stereocenters. The topological polar surface area (TPSA) is 98.8 Å². The predicted molar refractivity (Wildman–Crippen MR) is 117 cm³/mol. The van der Waals surface area contributed by atoms with Crippen LogP contribution in [-0.2, 0) is 16.1 Å². The third kappa shape index (κ3) is 9.84. The van der Waals surface area contributed by atoms with Crippen molar-refractivity contribution >= 4 is 12.0 Å². The second-order valence-corrected chi connectivity index (χ2v) is 6.86. The van der Waals surface area contributed by atoms with E-state index in [4.69, 9.17) is 14.2 Å². The molecule has 0 saturated carbocycles. The number of methoxy groups -OCH3 is 1. The Labute approximate surface area is 183 Å². The number of aromatic nitrogens is 1. The minimum absolute atomic E-state index is 0.144. The SMILES string of the molecule is CCOC(=O)CCCCCCNC(=O)NCc1ccc(Oc2cccc(OC)c2)nc1. The summed E-state index contributed by atoms with van der Waals surface area (Å²) in [5.41, 5.74) is 0.868. The Hall–Kier alpha value is -3.29. The molecule has 0 radical (unpaired) electrons. The van der Waals surface area contributed by atoms with Crippen LogP contribution in [0.5, 0.6) is 17.4 Å². The summed E-state index contributed by atoms with van der Waals surface area (Å²) in [5.74, 6) is 1.66. The Bertz CT molecular complexity index is 811. The number of esters is 1. The predicted octanol–water partition coefficient (Wildman–Crippen LogP) is 4.20. The number of hydrogen-bond acceptors (Lipinski definition) is 6. The summed E-state index contributed by atoms with van der Waals surface area (Å²) >= 11 is 0. The zero-order valence-corrected chi connectivity index (χ0v) is 18.2. The standard InChI is InChI=1S/C23H31N3O5/c1-3-30-22(27)11-6-4-5-7-14-24-23(28)26-17-18-12-13-21(25-16-18)31-20-10-8-9-19(15-20)29-2/h8-10,12-13,15-16H,3-7,11,14,17H2,1-2H3,(H2,24,26,28). The highest BCUT2D eigenvalue weighted by molar-refractivity contribution is 5.73. The van der Waals surface area contributed by atoms with E-state index >= 15 is 0 Å². The first-order valence-corrected chi connectivity index (χ1v) is 10.5. The summed E-state index contributed by atoms with van der Waals surface area (Å²) in [6.45, 7) is 3.20. The van der Waals surface area contributed by atoms with Crippen LogP contribution in [0.15, 0.2) is 42.6 Å². The molecule has 8 nitrogen and oxygen atoms in total. The van der Waals surface area contributed by atoms with Gasteiger partial charge < -0.3 is 24.8 Å². The molecule has 8 heteroatoms. The summed E-state index contributed by atoms with van der Waals surface area (Å²) in [6, 6.07) is 10.7. The number of benzene rings is 1. The maximum atomic E-state index is 11.9. The normalized spacial score (nSPS) is 10.3. The molecule has 0 aliphatic heterocycles. The number of nitrogens with zero attached hydrogens (tertiary/aromatic N) is 1. The zero-order valence-electron chi connectivity index (χ0n) is 18.2. The van der Waals surface area contributed by atoms with Crippen LogP contribution in [-0.4, -0.2) is 37.2 Å². The molecule has 0 unspecified atom stereocenters. The third-order valence-electron chi connectivity index (χ3n) is 4.41. The summed E-state index contributed by atoms with van der Waals surface area (Å²) in [6.07, 6.45) is 5.71. The van der Waals surface area contributed by atoms with Crippen molar-refractivity contribution in [3.8, 4) is 17.4 Å². The second-order valence-electron chi connectivity index (χ2n) is 6.86. The first kappa shape index (κ1) is 24.0. The van der Waals surface area contributed by atoms with Gasteiger partial charge in [0.05, 0.1) is 13.7 Å². The first-order valence-electron chi connectivity index (χ1n) is 10.5. The molecule has 2 N–H and O–H groups in total. The number of hydrogen-bond donors (Lipinski definition) is 2. The number of carbonyl (C=O) groups is 2. The Balaban J connectivity index is 1.59. The zero-order chi connectivity index (χ0) is 22.3. The lowest BCUT2D eigenvalue weighted by Crippen LogP contribution is -2.35. The highest BCUT2D eigenvalue weighted by Gasteiger charge is 2.04. The van der Waals surface area contributed by atoms with Gasteiger partial charge in [0.25, 0.3) is 0 Å². The van der Waals surface area contributed by atoms with E-state index in [0.717, 1.165) is 31.2 Å². The van der Waals surface area contributed by atoms with Crippen molar-refractivity contribution < 1.29 is 23.8 Å². The van der Waals surface area contributed by atoms with Gasteiger partial charge in [0.15, 0.2) is 0 Å². The molecule has 0 fully saturated rings. The van der Waals surface area contributed by atoms with Gasteiger partial charge in [-0.2, -0.15) is 0 Å². The molecule has 0 aliphatic carbocycles. The van der Waals surface area contributed by atoms with Crippen LogP contribution < -0.4 is 20.1 Å². The lowest BCUT2D eigenvalue weighted by atomic mass is 10.1. The van der Waals surface area contributed by atoms with Crippen molar-refractivity contribution in [3.63, 3.8) is 0 Å². The van der Waals surface area contributed by atoms with Gasteiger partial charge in [0.1, 0.15) is 11.5 Å². The van der Waals surface area contributed by atoms with Gasteiger partial charge >= 0.3 is 12.0 Å². The fourth-order valence-electron chi connectivity index (χ4n) is 2.79. The van der Waals surface area contributed by atoms with Crippen LogP contribution in [0.1, 0.15) is 44.6 Å². The van der Waals surface area contributed by atoms with Crippen molar-refractivity contribution in [2.45, 2.75) is 45.6 Å². The molecule has 2 rings (SSSR count). The van der Waals surface area contributed by atoms with Gasteiger partial charge in [0, 0.05) is 37.8 Å². The van der Waals surface area contributed by atoms with E-state index in [9.17, 15) is 9.59 Å². The molecule has 2 aromatic rings. The second kappa shape index (κ2) is 13.8. The molecule has 0 saturated heterocycles. The largest absolute Gasteiger partial charge is 0.497 e. The smallest absolute Gasteiger partial charge is 0.315 e. The fraction of sp³-hybridized carbons (Fsp3) is 0.435. The van der Waals surface area contributed by atoms with Crippen LogP contribution in [0.2, 0.25) is 0 Å². The third-order valence-corrected chi connectivity index (χ3v) is 4.41. The molecule has 0 spiro atoms. The fourth-order valence-corrected chi connectivity index (χ4v) is 2.79. The maximum Gasteiger partial charge on any atom is 0.315 e. The van der Waals surface area contributed by atoms with Crippen LogP contribution in [0.4, 0.5) is 4.79 Å². The number of urea groups is 1. The van der Waals surface area contributed by atoms with Crippen molar-refractivity contribution in [2.75, 3.05) is 20.3 Å². The van der Waals surface area contributed by atoms with E-state index in [-0.39, 0.29) is 12.0 Å². The number of pyridine rings is 1. The minimum atomic E-state index is -0.219. The van der Waals surface area contributed by atoms with Crippen molar-refractivity contribution in [2.24, 2.45) is 0 Å². The number of unbranched alkanes of at least 4 members (excludes halogenated alkanes) is 3. The number of rotatable bonds is 13. The molecular weight excluding hydrogens is 398 g/mol. The number of amides is 2. The van der Waals surface area contributed by atoms with Crippen LogP contribution >= 0.6 is 0 Å². The number of carbonyl (C=O) groups excluding carboxylic acids is 2. The molecule has 168 valence electrons. The van der Waals surface area contributed by atoms with Gasteiger partial charge in [-0.15, -0.1) is 0 Å². The molecule has 0 bridgehead atoms. The molecular formula is C23H31N3O5. The molecule has 1 heterocycles. The monoisotopic (exact) mass is 429 g/mol. The van der Waals surface area contributed by atoms with Gasteiger partial charge in [-0.3, -0.25) is 4.79 Å². The average molecular weight is 430 g/mol. The number of ether oxygens (including phenoxy) is 3. The number of nitrogens with one attached hydrogen (secondary N) is 2. The average Bonchev–Trinajstić information content (AvgIpc) is 2.78. The van der Waals surface area contributed by atoms with E-state index in [1.807, 2.05) is 24.3 Å². The van der Waals surface area contributed by atoms with E-state index < -0.39 is 0 Å². The highest BCUT2D eigenvalue weighted by Crippen LogP contribution is 2.23. The molecule has 0 aliphatic rings. The van der Waals surface area contributed by atoms with E-state index in [0.29, 0.717) is 43.5 Å². The summed E-state index contributed by atoms with van der Waals surface area (Å²) in [5, 5.41) is 5.63. The molecule has 2 amide bonds. The Kier molecular flexibility index (Phi) is 10.7. The van der Waals surface area contributed by atoms with E-state index in [1.165, 1.54) is 0 Å². The quantitative estimate of drug-likeness (QED) is 0.366.